The van der Waals surface area contributed by atoms with Gasteiger partial charge in [0.1, 0.15) is 7.11 Å². The zero-order valence-corrected chi connectivity index (χ0v) is 13.8. The Bertz CT molecular complexity index is 683. The zero-order chi connectivity index (χ0) is 16.6. The van der Waals surface area contributed by atoms with Crippen molar-refractivity contribution in [3.8, 4) is 12.3 Å². The molecule has 0 spiro atoms. The summed E-state index contributed by atoms with van der Waals surface area (Å²) in [6.07, 6.45) is 8.64. The van der Waals surface area contributed by atoms with Crippen molar-refractivity contribution in [1.29, 1.82) is 0 Å². The number of hydrogen-bond donors (Lipinski definition) is 0. The number of hydrogen-bond acceptors (Lipinski definition) is 4. The van der Waals surface area contributed by atoms with Gasteiger partial charge < -0.3 is 4.84 Å². The lowest BCUT2D eigenvalue weighted by atomic mass is 10.2. The molecule has 0 unspecified atom stereocenters. The third-order valence-electron chi connectivity index (χ3n) is 2.83. The molecule has 0 aromatic heterocycles. The summed E-state index contributed by atoms with van der Waals surface area (Å²) in [7, 11) is -2.17. The monoisotopic (exact) mass is 320 g/mol. The molecule has 0 aliphatic rings. The number of terminal acetylenes is 1. The van der Waals surface area contributed by atoms with Gasteiger partial charge in [0.25, 0.3) is 0 Å². The SMILES string of the molecule is C#CCN(C/C=C/C(C)=N/OC)S(=O)(=O)c1ccc(C)cc1. The Balaban J connectivity index is 2.97. The highest BCUT2D eigenvalue weighted by molar-refractivity contribution is 7.89. The van der Waals surface area contributed by atoms with Crippen molar-refractivity contribution in [2.45, 2.75) is 18.7 Å². The minimum atomic E-state index is -3.62. The van der Waals surface area contributed by atoms with Crippen molar-refractivity contribution in [2.24, 2.45) is 5.16 Å². The van der Waals surface area contributed by atoms with E-state index in [9.17, 15) is 8.42 Å². The summed E-state index contributed by atoms with van der Waals surface area (Å²) in [4.78, 5) is 4.85. The highest BCUT2D eigenvalue weighted by atomic mass is 32.2. The van der Waals surface area contributed by atoms with Crippen LogP contribution in [0, 0.1) is 19.3 Å². The maximum absolute atomic E-state index is 12.6. The molecule has 1 aromatic carbocycles. The zero-order valence-electron chi connectivity index (χ0n) is 13.0. The van der Waals surface area contributed by atoms with Gasteiger partial charge in [-0.1, -0.05) is 34.8 Å². The van der Waals surface area contributed by atoms with Gasteiger partial charge in [-0.3, -0.25) is 0 Å². The molecule has 1 rings (SSSR count). The second-order valence-corrected chi connectivity index (χ2v) is 6.57. The summed E-state index contributed by atoms with van der Waals surface area (Å²) < 4.78 is 26.4. The topological polar surface area (TPSA) is 59.0 Å². The molecule has 0 aliphatic carbocycles. The third kappa shape index (κ3) is 5.02. The van der Waals surface area contributed by atoms with Crippen LogP contribution in [0.25, 0.3) is 0 Å². The van der Waals surface area contributed by atoms with Crippen LogP contribution in [-0.4, -0.2) is 38.6 Å². The van der Waals surface area contributed by atoms with Crippen molar-refractivity contribution in [3.63, 3.8) is 0 Å². The van der Waals surface area contributed by atoms with E-state index in [2.05, 4.69) is 15.9 Å². The Morgan fingerprint density at radius 1 is 1.41 bits per heavy atom. The number of benzene rings is 1. The smallest absolute Gasteiger partial charge is 0.244 e. The first-order valence-electron chi connectivity index (χ1n) is 6.66. The molecule has 1 aromatic rings. The van der Waals surface area contributed by atoms with Crippen LogP contribution < -0.4 is 0 Å². The molecule has 0 saturated heterocycles. The lowest BCUT2D eigenvalue weighted by Crippen LogP contribution is -2.31. The van der Waals surface area contributed by atoms with Crippen LogP contribution in [0.1, 0.15) is 12.5 Å². The first-order chi connectivity index (χ1) is 10.4. The standard InChI is InChI=1S/C16H20N2O3S/c1-5-12-18(13-6-7-15(3)17-21-4)22(19,20)16-10-8-14(2)9-11-16/h1,6-11H,12-13H2,2-4H3/b7-6+,17-15+. The number of oxime groups is 1. The lowest BCUT2D eigenvalue weighted by molar-refractivity contribution is 0.213. The Kier molecular flexibility index (Phi) is 6.83. The Morgan fingerprint density at radius 3 is 2.59 bits per heavy atom. The van der Waals surface area contributed by atoms with Crippen LogP contribution in [0.3, 0.4) is 0 Å². The maximum Gasteiger partial charge on any atom is 0.244 e. The first kappa shape index (κ1) is 18.0. The average Bonchev–Trinajstić information content (AvgIpc) is 2.47. The number of allylic oxidation sites excluding steroid dienone is 1. The molecular weight excluding hydrogens is 300 g/mol. The van der Waals surface area contributed by atoms with Gasteiger partial charge in [-0.2, -0.15) is 4.31 Å². The Hall–Kier alpha value is -2.10. The van der Waals surface area contributed by atoms with Crippen molar-refractivity contribution >= 4 is 15.7 Å². The maximum atomic E-state index is 12.6. The molecule has 0 bridgehead atoms. The number of nitrogens with zero attached hydrogens (tertiary/aromatic N) is 2. The predicted molar refractivity (Wildman–Crippen MR) is 88.0 cm³/mol. The van der Waals surface area contributed by atoms with Gasteiger partial charge in [0.15, 0.2) is 0 Å². The molecule has 6 heteroatoms. The molecule has 0 N–H and O–H groups in total. The van der Waals surface area contributed by atoms with E-state index in [0.29, 0.717) is 5.71 Å². The van der Waals surface area contributed by atoms with Gasteiger partial charge in [0.2, 0.25) is 10.0 Å². The quantitative estimate of drug-likeness (QED) is 0.440. The average molecular weight is 320 g/mol. The second-order valence-electron chi connectivity index (χ2n) is 4.63. The molecule has 0 heterocycles. The van der Waals surface area contributed by atoms with Gasteiger partial charge in [-0.25, -0.2) is 8.42 Å². The predicted octanol–water partition coefficient (Wildman–Crippen LogP) is 2.20. The van der Waals surface area contributed by atoms with Crippen molar-refractivity contribution < 1.29 is 13.3 Å². The van der Waals surface area contributed by atoms with E-state index in [1.54, 1.807) is 43.3 Å². The van der Waals surface area contributed by atoms with Crippen molar-refractivity contribution in [1.82, 2.24) is 4.31 Å². The normalized spacial score (nSPS) is 12.6. The van der Waals surface area contributed by atoms with Gasteiger partial charge in [0.05, 0.1) is 17.2 Å². The largest absolute Gasteiger partial charge is 0.399 e. The minimum Gasteiger partial charge on any atom is -0.399 e. The molecule has 5 nitrogen and oxygen atoms in total. The minimum absolute atomic E-state index is 0.00101. The molecule has 0 saturated carbocycles. The van der Waals surface area contributed by atoms with E-state index in [1.165, 1.54) is 11.4 Å². The third-order valence-corrected chi connectivity index (χ3v) is 4.66. The summed E-state index contributed by atoms with van der Waals surface area (Å²) in [5.41, 5.74) is 1.63. The van der Waals surface area contributed by atoms with E-state index >= 15 is 0 Å². The van der Waals surface area contributed by atoms with Crippen LogP contribution in [-0.2, 0) is 14.9 Å². The highest BCUT2D eigenvalue weighted by Gasteiger charge is 2.22. The van der Waals surface area contributed by atoms with Crippen LogP contribution in [0.2, 0.25) is 0 Å². The summed E-state index contributed by atoms with van der Waals surface area (Å²) in [5.74, 6) is 2.38. The lowest BCUT2D eigenvalue weighted by Gasteiger charge is -2.18. The number of aryl methyl sites for hydroxylation is 1. The fourth-order valence-electron chi connectivity index (χ4n) is 1.72. The molecule has 0 radical (unpaired) electrons. The summed E-state index contributed by atoms with van der Waals surface area (Å²) in [6, 6.07) is 6.67. The van der Waals surface area contributed by atoms with Gasteiger partial charge in [0, 0.05) is 6.54 Å². The fourth-order valence-corrected chi connectivity index (χ4v) is 3.03. The van der Waals surface area contributed by atoms with Gasteiger partial charge in [-0.15, -0.1) is 6.42 Å². The highest BCUT2D eigenvalue weighted by Crippen LogP contribution is 2.16. The molecule has 0 aliphatic heterocycles. The number of rotatable bonds is 7. The molecular formula is C16H20N2O3S. The molecule has 118 valence electrons. The Labute approximate surface area is 132 Å². The summed E-state index contributed by atoms with van der Waals surface area (Å²) >= 11 is 0. The van der Waals surface area contributed by atoms with Gasteiger partial charge in [-0.05, 0) is 32.1 Å². The van der Waals surface area contributed by atoms with Crippen LogP contribution in [0.15, 0.2) is 46.5 Å². The molecule has 0 amide bonds. The van der Waals surface area contributed by atoms with Crippen molar-refractivity contribution in [2.75, 3.05) is 20.2 Å². The second kappa shape index (κ2) is 8.37. The number of sulfonamides is 1. The van der Waals surface area contributed by atoms with E-state index in [0.717, 1.165) is 5.56 Å². The summed E-state index contributed by atoms with van der Waals surface area (Å²) in [6.45, 7) is 3.81. The van der Waals surface area contributed by atoms with E-state index in [-0.39, 0.29) is 18.0 Å². The van der Waals surface area contributed by atoms with E-state index in [4.69, 9.17) is 6.42 Å². The van der Waals surface area contributed by atoms with Crippen LogP contribution >= 0.6 is 0 Å². The van der Waals surface area contributed by atoms with E-state index < -0.39 is 10.0 Å². The molecule has 0 fully saturated rings. The molecule has 22 heavy (non-hydrogen) atoms. The van der Waals surface area contributed by atoms with Crippen molar-refractivity contribution in [3.05, 3.63) is 42.0 Å². The summed E-state index contributed by atoms with van der Waals surface area (Å²) in [5, 5.41) is 3.72. The van der Waals surface area contributed by atoms with Gasteiger partial charge >= 0.3 is 0 Å². The fraction of sp³-hybridized carbons (Fsp3) is 0.312. The Morgan fingerprint density at radius 2 is 2.05 bits per heavy atom. The van der Waals surface area contributed by atoms with Crippen LogP contribution in [0.4, 0.5) is 0 Å². The van der Waals surface area contributed by atoms with E-state index in [1.807, 2.05) is 6.92 Å². The molecule has 0 atom stereocenters. The van der Waals surface area contributed by atoms with Crippen LogP contribution in [0.5, 0.6) is 0 Å². The first-order valence-corrected chi connectivity index (χ1v) is 8.10.